The molecule has 0 amide bonds. The standard InChI is InChI=1S/C15H10O2S/c16-15-9-13(12-6-7-18-10-12)14(17-15)8-11-4-2-1-3-5-11/h1-10H. The van der Waals surface area contributed by atoms with Crippen molar-refractivity contribution in [3.8, 4) is 0 Å². The number of hydrogen-bond donors (Lipinski definition) is 0. The van der Waals surface area contributed by atoms with E-state index in [-0.39, 0.29) is 5.97 Å². The van der Waals surface area contributed by atoms with E-state index in [2.05, 4.69) is 0 Å². The van der Waals surface area contributed by atoms with Gasteiger partial charge in [0.05, 0.1) is 0 Å². The normalized spacial score (nSPS) is 16.8. The number of carbonyl (C=O) groups excluding carboxylic acids is 1. The fourth-order valence-electron chi connectivity index (χ4n) is 1.83. The zero-order valence-corrected chi connectivity index (χ0v) is 10.3. The fraction of sp³-hybridized carbons (Fsp3) is 0. The summed E-state index contributed by atoms with van der Waals surface area (Å²) in [6.07, 6.45) is 3.42. The molecule has 88 valence electrons. The lowest BCUT2D eigenvalue weighted by Gasteiger charge is -2.02. The van der Waals surface area contributed by atoms with Crippen LogP contribution in [0.15, 0.2) is 59.0 Å². The van der Waals surface area contributed by atoms with Crippen LogP contribution in [-0.4, -0.2) is 5.97 Å². The van der Waals surface area contributed by atoms with Crippen LogP contribution in [0.4, 0.5) is 0 Å². The summed E-state index contributed by atoms with van der Waals surface area (Å²) in [5, 5.41) is 3.99. The summed E-state index contributed by atoms with van der Waals surface area (Å²) < 4.78 is 5.24. The molecule has 1 aliphatic heterocycles. The lowest BCUT2D eigenvalue weighted by molar-refractivity contribution is -0.132. The molecular formula is C15H10O2S. The molecule has 2 heterocycles. The van der Waals surface area contributed by atoms with E-state index in [0.29, 0.717) is 5.76 Å². The Morgan fingerprint density at radius 1 is 1.11 bits per heavy atom. The van der Waals surface area contributed by atoms with Gasteiger partial charge in [-0.15, -0.1) is 0 Å². The van der Waals surface area contributed by atoms with Gasteiger partial charge in [0.25, 0.3) is 0 Å². The molecule has 18 heavy (non-hydrogen) atoms. The average Bonchev–Trinajstić information content (AvgIpc) is 3.00. The molecule has 2 nitrogen and oxygen atoms in total. The molecule has 0 saturated carbocycles. The molecule has 0 N–H and O–H groups in total. The molecule has 0 saturated heterocycles. The monoisotopic (exact) mass is 254 g/mol. The van der Waals surface area contributed by atoms with E-state index in [4.69, 9.17) is 4.74 Å². The van der Waals surface area contributed by atoms with Gasteiger partial charge in [-0.25, -0.2) is 4.79 Å². The van der Waals surface area contributed by atoms with Crippen molar-refractivity contribution in [2.45, 2.75) is 0 Å². The fourth-order valence-corrected chi connectivity index (χ4v) is 2.49. The zero-order valence-electron chi connectivity index (χ0n) is 9.50. The molecule has 0 aliphatic carbocycles. The van der Waals surface area contributed by atoms with Gasteiger partial charge >= 0.3 is 5.97 Å². The van der Waals surface area contributed by atoms with Crippen LogP contribution >= 0.6 is 11.3 Å². The summed E-state index contributed by atoms with van der Waals surface area (Å²) in [6.45, 7) is 0. The highest BCUT2D eigenvalue weighted by Gasteiger charge is 2.21. The zero-order chi connectivity index (χ0) is 12.4. The van der Waals surface area contributed by atoms with E-state index in [0.717, 1.165) is 16.7 Å². The number of cyclic esters (lactones) is 1. The third kappa shape index (κ3) is 2.13. The smallest absolute Gasteiger partial charge is 0.336 e. The Morgan fingerprint density at radius 3 is 2.67 bits per heavy atom. The van der Waals surface area contributed by atoms with E-state index >= 15 is 0 Å². The Balaban J connectivity index is 2.00. The second-order valence-corrected chi connectivity index (χ2v) is 4.69. The van der Waals surface area contributed by atoms with Gasteiger partial charge in [0.15, 0.2) is 0 Å². The first-order chi connectivity index (χ1) is 8.83. The number of rotatable bonds is 2. The van der Waals surface area contributed by atoms with Crippen LogP contribution in [0.1, 0.15) is 11.1 Å². The van der Waals surface area contributed by atoms with Gasteiger partial charge in [0.2, 0.25) is 0 Å². The first kappa shape index (κ1) is 11.0. The van der Waals surface area contributed by atoms with Gasteiger partial charge in [-0.05, 0) is 34.0 Å². The van der Waals surface area contributed by atoms with Gasteiger partial charge in [0.1, 0.15) is 5.76 Å². The molecule has 0 spiro atoms. The number of esters is 1. The van der Waals surface area contributed by atoms with Crippen LogP contribution in [0.3, 0.4) is 0 Å². The highest BCUT2D eigenvalue weighted by atomic mass is 32.1. The van der Waals surface area contributed by atoms with Crippen molar-refractivity contribution in [2.24, 2.45) is 0 Å². The van der Waals surface area contributed by atoms with Gasteiger partial charge in [-0.2, -0.15) is 11.3 Å². The lowest BCUT2D eigenvalue weighted by atomic mass is 10.1. The first-order valence-corrected chi connectivity index (χ1v) is 6.50. The van der Waals surface area contributed by atoms with Crippen molar-refractivity contribution >= 4 is 29.0 Å². The maximum absolute atomic E-state index is 11.4. The van der Waals surface area contributed by atoms with Crippen molar-refractivity contribution in [3.05, 3.63) is 70.1 Å². The maximum atomic E-state index is 11.4. The minimum absolute atomic E-state index is 0.307. The van der Waals surface area contributed by atoms with Crippen LogP contribution in [0.5, 0.6) is 0 Å². The number of benzene rings is 1. The molecule has 1 aromatic heterocycles. The van der Waals surface area contributed by atoms with Crippen LogP contribution in [0.25, 0.3) is 11.6 Å². The average molecular weight is 254 g/mol. The number of hydrogen-bond acceptors (Lipinski definition) is 3. The summed E-state index contributed by atoms with van der Waals surface area (Å²) >= 11 is 1.60. The van der Waals surface area contributed by atoms with Gasteiger partial charge < -0.3 is 4.74 Å². The Kier molecular flexibility index (Phi) is 2.82. The highest BCUT2D eigenvalue weighted by Crippen LogP contribution is 2.32. The van der Waals surface area contributed by atoms with Gasteiger partial charge in [0, 0.05) is 11.6 Å². The van der Waals surface area contributed by atoms with E-state index in [1.165, 1.54) is 6.08 Å². The van der Waals surface area contributed by atoms with Crippen LogP contribution in [0.2, 0.25) is 0 Å². The summed E-state index contributed by atoms with van der Waals surface area (Å²) in [5.74, 6) is 0.308. The van der Waals surface area contributed by atoms with Crippen molar-refractivity contribution < 1.29 is 9.53 Å². The van der Waals surface area contributed by atoms with E-state index in [1.54, 1.807) is 11.3 Å². The minimum atomic E-state index is -0.307. The first-order valence-electron chi connectivity index (χ1n) is 5.56. The van der Waals surface area contributed by atoms with Crippen LogP contribution < -0.4 is 0 Å². The molecule has 0 radical (unpaired) electrons. The molecule has 0 fully saturated rings. The second-order valence-electron chi connectivity index (χ2n) is 3.91. The molecule has 0 bridgehead atoms. The number of carbonyl (C=O) groups is 1. The topological polar surface area (TPSA) is 26.3 Å². The van der Waals surface area contributed by atoms with Crippen molar-refractivity contribution in [1.29, 1.82) is 0 Å². The van der Waals surface area contributed by atoms with Crippen molar-refractivity contribution in [2.75, 3.05) is 0 Å². The largest absolute Gasteiger partial charge is 0.423 e. The van der Waals surface area contributed by atoms with E-state index < -0.39 is 0 Å². The van der Waals surface area contributed by atoms with E-state index in [9.17, 15) is 4.79 Å². The Morgan fingerprint density at radius 2 is 1.94 bits per heavy atom. The Labute approximate surface area is 109 Å². The third-order valence-corrected chi connectivity index (χ3v) is 3.35. The second kappa shape index (κ2) is 4.63. The quantitative estimate of drug-likeness (QED) is 0.763. The summed E-state index contributed by atoms with van der Waals surface area (Å²) in [5.41, 5.74) is 2.89. The third-order valence-electron chi connectivity index (χ3n) is 2.67. The summed E-state index contributed by atoms with van der Waals surface area (Å²) in [7, 11) is 0. The Bertz CT molecular complexity index is 622. The highest BCUT2D eigenvalue weighted by molar-refractivity contribution is 7.08. The van der Waals surface area contributed by atoms with E-state index in [1.807, 2.05) is 53.2 Å². The van der Waals surface area contributed by atoms with Gasteiger partial charge in [-0.1, -0.05) is 30.3 Å². The molecule has 0 unspecified atom stereocenters. The number of allylic oxidation sites excluding steroid dienone is 1. The Hall–Kier alpha value is -2.13. The molecular weight excluding hydrogens is 244 g/mol. The predicted octanol–water partition coefficient (Wildman–Crippen LogP) is 3.73. The summed E-state index contributed by atoms with van der Waals surface area (Å²) in [4.78, 5) is 11.4. The molecule has 1 aromatic carbocycles. The molecule has 1 aliphatic rings. The molecule has 3 heteroatoms. The molecule has 0 atom stereocenters. The molecule has 3 rings (SSSR count). The summed E-state index contributed by atoms with van der Waals surface area (Å²) in [6, 6.07) is 11.8. The van der Waals surface area contributed by atoms with Crippen molar-refractivity contribution in [1.82, 2.24) is 0 Å². The SMILES string of the molecule is O=C1C=C(c2ccsc2)C(=Cc2ccccc2)O1. The molecule has 2 aromatic rings. The lowest BCUT2D eigenvalue weighted by Crippen LogP contribution is -1.91. The maximum Gasteiger partial charge on any atom is 0.336 e. The minimum Gasteiger partial charge on any atom is -0.423 e. The number of ether oxygens (including phenoxy) is 1. The predicted molar refractivity (Wildman–Crippen MR) is 72.8 cm³/mol. The van der Waals surface area contributed by atoms with Crippen LogP contribution in [-0.2, 0) is 9.53 Å². The van der Waals surface area contributed by atoms with Gasteiger partial charge in [-0.3, -0.25) is 0 Å². The number of thiophene rings is 1. The van der Waals surface area contributed by atoms with Crippen molar-refractivity contribution in [3.63, 3.8) is 0 Å². The van der Waals surface area contributed by atoms with Crippen LogP contribution in [0, 0.1) is 0 Å².